The van der Waals surface area contributed by atoms with Gasteiger partial charge in [-0.2, -0.15) is 0 Å². The summed E-state index contributed by atoms with van der Waals surface area (Å²) in [7, 11) is -3.44. The van der Waals surface area contributed by atoms with Crippen molar-refractivity contribution < 1.29 is 23.1 Å². The molecule has 1 aromatic rings. The lowest BCUT2D eigenvalue weighted by Gasteiger charge is -2.22. The Morgan fingerprint density at radius 1 is 1.52 bits per heavy atom. The number of carboxylic acid groups (broad SMARTS) is 1. The Morgan fingerprint density at radius 2 is 2.16 bits per heavy atom. The lowest BCUT2D eigenvalue weighted by Crippen LogP contribution is -2.46. The molecule has 1 fully saturated rings. The first-order valence-corrected chi connectivity index (χ1v) is 10.3. The number of hydrogen-bond donors (Lipinski definition) is 4. The molecule has 0 spiro atoms. The minimum Gasteiger partial charge on any atom is -0.465 e. The zero-order valence-electron chi connectivity index (χ0n) is 13.7. The summed E-state index contributed by atoms with van der Waals surface area (Å²) in [4.78, 5) is 25.4. The van der Waals surface area contributed by atoms with Crippen LogP contribution in [0.2, 0.25) is 0 Å². The first-order valence-electron chi connectivity index (χ1n) is 7.42. The van der Waals surface area contributed by atoms with Crippen molar-refractivity contribution in [3.05, 3.63) is 21.9 Å². The van der Waals surface area contributed by atoms with Crippen molar-refractivity contribution in [1.29, 1.82) is 5.41 Å². The van der Waals surface area contributed by atoms with Gasteiger partial charge in [-0.25, -0.2) is 13.2 Å². The second-order valence-electron chi connectivity index (χ2n) is 6.02. The molecule has 11 heteroatoms. The minimum absolute atomic E-state index is 0.0627. The first-order chi connectivity index (χ1) is 11.5. The molecule has 1 aliphatic heterocycles. The van der Waals surface area contributed by atoms with E-state index in [1.807, 2.05) is 0 Å². The number of sulfone groups is 1. The summed E-state index contributed by atoms with van der Waals surface area (Å²) in [6.45, 7) is 1.51. The van der Waals surface area contributed by atoms with Crippen LogP contribution in [-0.2, 0) is 14.6 Å². The summed E-state index contributed by atoms with van der Waals surface area (Å²) in [5.41, 5.74) is 5.96. The number of carbonyl (C=O) groups excluding carboxylic acids is 1. The zero-order valence-corrected chi connectivity index (χ0v) is 15.4. The van der Waals surface area contributed by atoms with E-state index in [1.165, 1.54) is 11.3 Å². The van der Waals surface area contributed by atoms with E-state index in [1.54, 1.807) is 18.4 Å². The SMILES string of the molecule is C[C@@H](NC(=O)[C@@H]1C[C@@H](S(C)(=O)=O)CN1C(=O)O)c1cc(C(=N)N)cs1. The monoisotopic (exact) mass is 388 g/mol. The Hall–Kier alpha value is -2.14. The van der Waals surface area contributed by atoms with Gasteiger partial charge in [0.05, 0.1) is 11.3 Å². The van der Waals surface area contributed by atoms with Crippen LogP contribution in [0.1, 0.15) is 29.8 Å². The molecule has 0 aliphatic carbocycles. The second-order valence-corrected chi connectivity index (χ2v) is 9.29. The van der Waals surface area contributed by atoms with Crippen LogP contribution in [-0.4, -0.2) is 60.4 Å². The maximum Gasteiger partial charge on any atom is 0.408 e. The molecule has 1 aliphatic rings. The number of nitrogens with zero attached hydrogens (tertiary/aromatic N) is 1. The van der Waals surface area contributed by atoms with Crippen LogP contribution in [0.25, 0.3) is 0 Å². The summed E-state index contributed by atoms with van der Waals surface area (Å²) in [5, 5.41) is 20.2. The highest BCUT2D eigenvalue weighted by Gasteiger charge is 2.43. The van der Waals surface area contributed by atoms with Gasteiger partial charge in [0, 0.05) is 28.6 Å². The van der Waals surface area contributed by atoms with E-state index in [0.717, 1.165) is 16.0 Å². The normalized spacial score (nSPS) is 21.8. The summed E-state index contributed by atoms with van der Waals surface area (Å²) < 4.78 is 23.4. The van der Waals surface area contributed by atoms with E-state index < -0.39 is 39.2 Å². The molecule has 3 atom stereocenters. The molecule has 0 saturated carbocycles. The molecule has 9 nitrogen and oxygen atoms in total. The number of amidine groups is 1. The number of rotatable bonds is 5. The maximum absolute atomic E-state index is 12.5. The Balaban J connectivity index is 2.12. The first kappa shape index (κ1) is 19.2. The van der Waals surface area contributed by atoms with Gasteiger partial charge in [-0.15, -0.1) is 11.3 Å². The lowest BCUT2D eigenvalue weighted by atomic mass is 10.1. The molecular weight excluding hydrogens is 368 g/mol. The third kappa shape index (κ3) is 4.28. The fourth-order valence-electron chi connectivity index (χ4n) is 2.67. The molecule has 0 unspecified atom stereocenters. The van der Waals surface area contributed by atoms with Crippen molar-refractivity contribution in [3.8, 4) is 0 Å². The van der Waals surface area contributed by atoms with E-state index >= 15 is 0 Å². The molecule has 138 valence electrons. The number of likely N-dealkylation sites (tertiary alicyclic amines) is 1. The highest BCUT2D eigenvalue weighted by molar-refractivity contribution is 7.91. The van der Waals surface area contributed by atoms with Gasteiger partial charge in [-0.3, -0.25) is 15.1 Å². The molecule has 2 heterocycles. The number of nitrogens with one attached hydrogen (secondary N) is 2. The average molecular weight is 388 g/mol. The molecular formula is C14H20N4O5S2. The Kier molecular flexibility index (Phi) is 5.37. The predicted molar refractivity (Wildman–Crippen MR) is 93.7 cm³/mol. The summed E-state index contributed by atoms with van der Waals surface area (Å²) >= 11 is 1.32. The molecule has 5 N–H and O–H groups in total. The molecule has 1 saturated heterocycles. The average Bonchev–Trinajstić information content (AvgIpc) is 3.14. The van der Waals surface area contributed by atoms with Gasteiger partial charge in [-0.05, 0) is 19.4 Å². The van der Waals surface area contributed by atoms with Crippen molar-refractivity contribution in [1.82, 2.24) is 10.2 Å². The van der Waals surface area contributed by atoms with Crippen LogP contribution < -0.4 is 11.1 Å². The molecule has 2 rings (SSSR count). The van der Waals surface area contributed by atoms with Crippen molar-refractivity contribution >= 4 is 39.0 Å². The second kappa shape index (κ2) is 7.00. The third-order valence-electron chi connectivity index (χ3n) is 4.13. The standard InChI is InChI=1S/C14H20N4O5S2/c1-7(11-3-8(6-24-11)12(15)16)17-13(19)10-4-9(25(2,22)23)5-18(10)14(20)21/h3,6-7,9-10H,4-5H2,1-2H3,(H3,15,16)(H,17,19)(H,20,21)/t7-,9-,10+/m1/s1. The van der Waals surface area contributed by atoms with E-state index in [-0.39, 0.29) is 18.8 Å². The summed E-state index contributed by atoms with van der Waals surface area (Å²) in [6.07, 6.45) is -0.350. The smallest absolute Gasteiger partial charge is 0.408 e. The van der Waals surface area contributed by atoms with Crippen LogP contribution in [0.3, 0.4) is 0 Å². The van der Waals surface area contributed by atoms with Gasteiger partial charge in [-0.1, -0.05) is 0 Å². The quantitative estimate of drug-likeness (QED) is 0.422. The van der Waals surface area contributed by atoms with E-state index in [0.29, 0.717) is 5.56 Å². The molecule has 25 heavy (non-hydrogen) atoms. The summed E-state index contributed by atoms with van der Waals surface area (Å²) in [5.74, 6) is -0.622. The summed E-state index contributed by atoms with van der Waals surface area (Å²) in [6, 6.07) is 0.214. The Bertz CT molecular complexity index is 804. The van der Waals surface area contributed by atoms with E-state index in [2.05, 4.69) is 5.32 Å². The van der Waals surface area contributed by atoms with Crippen LogP contribution in [0, 0.1) is 5.41 Å². The van der Waals surface area contributed by atoms with E-state index in [4.69, 9.17) is 11.1 Å². The molecule has 1 aromatic heterocycles. The Morgan fingerprint density at radius 3 is 2.64 bits per heavy atom. The molecule has 0 bridgehead atoms. The zero-order chi connectivity index (χ0) is 18.9. The fraction of sp³-hybridized carbons (Fsp3) is 0.500. The third-order valence-corrected chi connectivity index (χ3v) is 6.80. The maximum atomic E-state index is 12.5. The van der Waals surface area contributed by atoms with Gasteiger partial charge in [0.1, 0.15) is 11.9 Å². The van der Waals surface area contributed by atoms with Crippen molar-refractivity contribution in [2.45, 2.75) is 30.7 Å². The lowest BCUT2D eigenvalue weighted by molar-refractivity contribution is -0.125. The van der Waals surface area contributed by atoms with Gasteiger partial charge in [0.2, 0.25) is 5.91 Å². The van der Waals surface area contributed by atoms with Crippen molar-refractivity contribution in [3.63, 3.8) is 0 Å². The van der Waals surface area contributed by atoms with Crippen LogP contribution >= 0.6 is 11.3 Å². The van der Waals surface area contributed by atoms with E-state index in [9.17, 15) is 23.1 Å². The topological polar surface area (TPSA) is 154 Å². The molecule has 0 aromatic carbocycles. The number of hydrogen-bond acceptors (Lipinski definition) is 6. The largest absolute Gasteiger partial charge is 0.465 e. The van der Waals surface area contributed by atoms with Crippen molar-refractivity contribution in [2.24, 2.45) is 5.73 Å². The van der Waals surface area contributed by atoms with Gasteiger partial charge < -0.3 is 16.2 Å². The van der Waals surface area contributed by atoms with Crippen LogP contribution in [0.15, 0.2) is 11.4 Å². The highest BCUT2D eigenvalue weighted by atomic mass is 32.2. The minimum atomic E-state index is -3.44. The Labute approximate surface area is 149 Å². The van der Waals surface area contributed by atoms with Crippen LogP contribution in [0.4, 0.5) is 4.79 Å². The molecule has 0 radical (unpaired) electrons. The number of carbonyl (C=O) groups is 2. The highest BCUT2D eigenvalue weighted by Crippen LogP contribution is 2.26. The predicted octanol–water partition coefficient (Wildman–Crippen LogP) is 0.375. The van der Waals surface area contributed by atoms with Crippen LogP contribution in [0.5, 0.6) is 0 Å². The fourth-order valence-corrected chi connectivity index (χ4v) is 4.55. The van der Waals surface area contributed by atoms with Gasteiger partial charge in [0.15, 0.2) is 9.84 Å². The van der Waals surface area contributed by atoms with Gasteiger partial charge >= 0.3 is 6.09 Å². The van der Waals surface area contributed by atoms with Gasteiger partial charge in [0.25, 0.3) is 0 Å². The molecule has 2 amide bonds. The number of nitrogen functional groups attached to an aromatic ring is 1. The number of amides is 2. The number of thiophene rings is 1. The van der Waals surface area contributed by atoms with Crippen molar-refractivity contribution in [2.75, 3.05) is 12.8 Å². The number of nitrogens with two attached hydrogens (primary N) is 1.